The van der Waals surface area contributed by atoms with Gasteiger partial charge in [0.15, 0.2) is 0 Å². The fraction of sp³-hybridized carbons (Fsp3) is 0.733. The standard InChI is InChI=1S/C15H26N4O2/c1-5-12(13-10(2)18-19(4)11(13)3)17-14(20)16-9-15(21)7-6-8-15/h12,21H,5-9H2,1-4H3,(H2,16,17,20). The van der Waals surface area contributed by atoms with Crippen LogP contribution in [0.15, 0.2) is 0 Å². The average molecular weight is 294 g/mol. The van der Waals surface area contributed by atoms with Gasteiger partial charge in [-0.3, -0.25) is 4.68 Å². The van der Waals surface area contributed by atoms with Crippen molar-refractivity contribution in [2.45, 2.75) is 58.1 Å². The van der Waals surface area contributed by atoms with Gasteiger partial charge in [0, 0.05) is 24.8 Å². The van der Waals surface area contributed by atoms with E-state index >= 15 is 0 Å². The van der Waals surface area contributed by atoms with Crippen molar-refractivity contribution in [2.24, 2.45) is 7.05 Å². The van der Waals surface area contributed by atoms with Gasteiger partial charge in [0.1, 0.15) is 0 Å². The molecule has 2 amide bonds. The Morgan fingerprint density at radius 1 is 1.48 bits per heavy atom. The van der Waals surface area contributed by atoms with Gasteiger partial charge in [-0.05, 0) is 39.5 Å². The number of amides is 2. The molecule has 1 atom stereocenters. The zero-order valence-corrected chi connectivity index (χ0v) is 13.4. The number of nitrogens with one attached hydrogen (secondary N) is 2. The zero-order valence-electron chi connectivity index (χ0n) is 13.4. The summed E-state index contributed by atoms with van der Waals surface area (Å²) in [7, 11) is 1.91. The molecule has 0 saturated heterocycles. The van der Waals surface area contributed by atoms with Crippen LogP contribution in [0.25, 0.3) is 0 Å². The molecule has 1 aliphatic rings. The molecule has 6 nitrogen and oxygen atoms in total. The summed E-state index contributed by atoms with van der Waals surface area (Å²) in [6.45, 7) is 6.33. The molecule has 0 spiro atoms. The topological polar surface area (TPSA) is 79.2 Å². The molecule has 1 unspecified atom stereocenters. The van der Waals surface area contributed by atoms with E-state index in [1.54, 1.807) is 0 Å². The maximum absolute atomic E-state index is 12.0. The average Bonchev–Trinajstić information content (AvgIpc) is 2.65. The molecule has 3 N–H and O–H groups in total. The number of aliphatic hydroxyl groups is 1. The lowest BCUT2D eigenvalue weighted by Crippen LogP contribution is -2.50. The minimum atomic E-state index is -0.695. The maximum Gasteiger partial charge on any atom is 0.315 e. The van der Waals surface area contributed by atoms with E-state index in [4.69, 9.17) is 0 Å². The molecule has 21 heavy (non-hydrogen) atoms. The molecule has 1 heterocycles. The first kappa shape index (κ1) is 15.8. The van der Waals surface area contributed by atoms with Crippen molar-refractivity contribution in [1.82, 2.24) is 20.4 Å². The molecule has 0 aliphatic heterocycles. The minimum absolute atomic E-state index is 0.0604. The fourth-order valence-electron chi connectivity index (χ4n) is 2.89. The smallest absolute Gasteiger partial charge is 0.315 e. The lowest BCUT2D eigenvalue weighted by atomic mass is 9.80. The summed E-state index contributed by atoms with van der Waals surface area (Å²) in [5.41, 5.74) is 2.40. The van der Waals surface area contributed by atoms with E-state index < -0.39 is 5.60 Å². The molecule has 0 bridgehead atoms. The third-order valence-electron chi connectivity index (χ3n) is 4.49. The van der Waals surface area contributed by atoms with E-state index in [1.807, 2.05) is 32.5 Å². The van der Waals surface area contributed by atoms with Crippen LogP contribution in [-0.4, -0.2) is 33.1 Å². The SMILES string of the molecule is CCC(NC(=O)NCC1(O)CCC1)c1c(C)nn(C)c1C. The second kappa shape index (κ2) is 6.05. The van der Waals surface area contributed by atoms with E-state index in [0.29, 0.717) is 6.54 Å². The van der Waals surface area contributed by atoms with Gasteiger partial charge in [-0.15, -0.1) is 0 Å². The normalized spacial score (nSPS) is 18.0. The fourth-order valence-corrected chi connectivity index (χ4v) is 2.89. The van der Waals surface area contributed by atoms with E-state index in [9.17, 15) is 9.90 Å². The van der Waals surface area contributed by atoms with Crippen molar-refractivity contribution in [3.05, 3.63) is 17.0 Å². The molecule has 1 aromatic rings. The van der Waals surface area contributed by atoms with Gasteiger partial charge in [0.25, 0.3) is 0 Å². The Balaban J connectivity index is 1.96. The van der Waals surface area contributed by atoms with Crippen LogP contribution in [0.5, 0.6) is 0 Å². The summed E-state index contributed by atoms with van der Waals surface area (Å²) in [5, 5.41) is 20.2. The third-order valence-corrected chi connectivity index (χ3v) is 4.49. The first-order valence-electron chi connectivity index (χ1n) is 7.63. The number of carbonyl (C=O) groups is 1. The number of urea groups is 1. The van der Waals surface area contributed by atoms with Crippen LogP contribution < -0.4 is 10.6 Å². The van der Waals surface area contributed by atoms with Crippen LogP contribution >= 0.6 is 0 Å². The monoisotopic (exact) mass is 294 g/mol. The lowest BCUT2D eigenvalue weighted by Gasteiger charge is -2.36. The minimum Gasteiger partial charge on any atom is -0.388 e. The van der Waals surface area contributed by atoms with E-state index in [1.165, 1.54) is 0 Å². The van der Waals surface area contributed by atoms with Crippen molar-refractivity contribution in [2.75, 3.05) is 6.54 Å². The maximum atomic E-state index is 12.0. The van der Waals surface area contributed by atoms with E-state index in [0.717, 1.165) is 42.6 Å². The van der Waals surface area contributed by atoms with Crippen LogP contribution in [0.1, 0.15) is 55.6 Å². The molecule has 1 saturated carbocycles. The molecular weight excluding hydrogens is 268 g/mol. The molecule has 0 radical (unpaired) electrons. The van der Waals surface area contributed by atoms with Gasteiger partial charge in [0.2, 0.25) is 0 Å². The van der Waals surface area contributed by atoms with Crippen LogP contribution in [0.2, 0.25) is 0 Å². The van der Waals surface area contributed by atoms with Crippen molar-refractivity contribution in [3.8, 4) is 0 Å². The number of aromatic nitrogens is 2. The van der Waals surface area contributed by atoms with Crippen LogP contribution in [0.4, 0.5) is 4.79 Å². The largest absolute Gasteiger partial charge is 0.388 e. The van der Waals surface area contributed by atoms with Gasteiger partial charge in [-0.2, -0.15) is 5.10 Å². The molecule has 1 aromatic heterocycles. The molecule has 1 fully saturated rings. The van der Waals surface area contributed by atoms with E-state index in [2.05, 4.69) is 15.7 Å². The Bertz CT molecular complexity index is 520. The Morgan fingerprint density at radius 3 is 2.57 bits per heavy atom. The van der Waals surface area contributed by atoms with Crippen molar-refractivity contribution in [1.29, 1.82) is 0 Å². The summed E-state index contributed by atoms with van der Waals surface area (Å²) in [5.74, 6) is 0. The van der Waals surface area contributed by atoms with Crippen molar-refractivity contribution < 1.29 is 9.90 Å². The number of hydrogen-bond acceptors (Lipinski definition) is 3. The van der Waals surface area contributed by atoms with Gasteiger partial charge in [0.05, 0.1) is 17.3 Å². The van der Waals surface area contributed by atoms with Gasteiger partial charge in [-0.1, -0.05) is 6.92 Å². The van der Waals surface area contributed by atoms with Crippen LogP contribution in [0, 0.1) is 13.8 Å². The first-order valence-corrected chi connectivity index (χ1v) is 7.63. The van der Waals surface area contributed by atoms with Crippen LogP contribution in [0.3, 0.4) is 0 Å². The molecule has 0 aromatic carbocycles. The van der Waals surface area contributed by atoms with Crippen LogP contribution in [-0.2, 0) is 7.05 Å². The van der Waals surface area contributed by atoms with Crippen molar-refractivity contribution >= 4 is 6.03 Å². The predicted molar refractivity (Wildman–Crippen MR) is 81.0 cm³/mol. The van der Waals surface area contributed by atoms with Gasteiger partial charge < -0.3 is 15.7 Å². The van der Waals surface area contributed by atoms with E-state index in [-0.39, 0.29) is 12.1 Å². The Labute approximate surface area is 125 Å². The number of aryl methyl sites for hydroxylation is 2. The molecule has 1 aliphatic carbocycles. The highest BCUT2D eigenvalue weighted by atomic mass is 16.3. The molecular formula is C15H26N4O2. The second-order valence-corrected chi connectivity index (χ2v) is 6.07. The summed E-state index contributed by atoms with van der Waals surface area (Å²) in [6.07, 6.45) is 3.37. The van der Waals surface area contributed by atoms with Gasteiger partial charge in [-0.25, -0.2) is 4.79 Å². The summed E-state index contributed by atoms with van der Waals surface area (Å²) in [6, 6.07) is -0.292. The second-order valence-electron chi connectivity index (χ2n) is 6.07. The number of nitrogens with zero attached hydrogens (tertiary/aromatic N) is 2. The molecule has 118 valence electrons. The Hall–Kier alpha value is -1.56. The number of carbonyl (C=O) groups excluding carboxylic acids is 1. The zero-order chi connectivity index (χ0) is 15.6. The first-order chi connectivity index (χ1) is 9.86. The lowest BCUT2D eigenvalue weighted by molar-refractivity contribution is -0.0290. The summed E-state index contributed by atoms with van der Waals surface area (Å²) >= 11 is 0. The third kappa shape index (κ3) is 3.37. The number of rotatable bonds is 5. The summed E-state index contributed by atoms with van der Waals surface area (Å²) in [4.78, 5) is 12.0. The van der Waals surface area contributed by atoms with Crippen molar-refractivity contribution in [3.63, 3.8) is 0 Å². The quantitative estimate of drug-likeness (QED) is 0.773. The Morgan fingerprint density at radius 2 is 2.14 bits per heavy atom. The highest BCUT2D eigenvalue weighted by Crippen LogP contribution is 2.30. The number of hydrogen-bond donors (Lipinski definition) is 3. The summed E-state index contributed by atoms with van der Waals surface area (Å²) < 4.78 is 1.84. The highest BCUT2D eigenvalue weighted by molar-refractivity contribution is 5.74. The van der Waals surface area contributed by atoms with Gasteiger partial charge >= 0.3 is 6.03 Å². The predicted octanol–water partition coefficient (Wildman–Crippen LogP) is 1.70. The highest BCUT2D eigenvalue weighted by Gasteiger charge is 2.34. The molecule has 2 rings (SSSR count). The Kier molecular flexibility index (Phi) is 4.56. The molecule has 6 heteroatoms.